The number of fused-ring (bicyclic) bond motifs is 23. The molecule has 0 amide bonds. The molecule has 4 aliphatic rings. The van der Waals surface area contributed by atoms with Crippen LogP contribution in [0.15, 0.2) is 277 Å². The van der Waals surface area contributed by atoms with Crippen LogP contribution in [-0.4, -0.2) is 0 Å². The second-order valence-corrected chi connectivity index (χ2v) is 21.0. The van der Waals surface area contributed by atoms with Crippen molar-refractivity contribution in [3.63, 3.8) is 0 Å². The van der Waals surface area contributed by atoms with Crippen LogP contribution in [-0.2, 0) is 10.8 Å². The quantitative estimate of drug-likeness (QED) is 0.171. The third kappa shape index (κ3) is 5.35. The molecule has 76 heavy (non-hydrogen) atoms. The van der Waals surface area contributed by atoms with Crippen LogP contribution in [0.3, 0.4) is 0 Å². The summed E-state index contributed by atoms with van der Waals surface area (Å²) in [4.78, 5) is 2.55. The van der Waals surface area contributed by atoms with E-state index in [1.54, 1.807) is 0 Å². The zero-order chi connectivity index (χ0) is 49.7. The molecule has 0 N–H and O–H groups in total. The van der Waals surface area contributed by atoms with Gasteiger partial charge in [-0.05, 0) is 160 Å². The first-order chi connectivity index (χ1) is 37.7. The summed E-state index contributed by atoms with van der Waals surface area (Å²) in [6.07, 6.45) is 0. The summed E-state index contributed by atoms with van der Waals surface area (Å²) < 4.78 is 6.27. The van der Waals surface area contributed by atoms with Crippen molar-refractivity contribution in [3.05, 3.63) is 317 Å². The second-order valence-electron chi connectivity index (χ2n) is 21.0. The Morgan fingerprint density at radius 3 is 1.34 bits per heavy atom. The molecule has 0 aliphatic heterocycles. The van der Waals surface area contributed by atoms with E-state index < -0.39 is 10.8 Å². The number of benzene rings is 12. The Balaban J connectivity index is 0.923. The van der Waals surface area contributed by atoms with Gasteiger partial charge in [0.15, 0.2) is 0 Å². The zero-order valence-corrected chi connectivity index (χ0v) is 41.3. The Bertz CT molecular complexity index is 4530. The summed E-state index contributed by atoms with van der Waals surface area (Å²) >= 11 is 0. The molecule has 2 heteroatoms. The maximum absolute atomic E-state index is 6.27. The van der Waals surface area contributed by atoms with Crippen LogP contribution in [0.1, 0.15) is 44.5 Å². The van der Waals surface area contributed by atoms with E-state index in [1.807, 2.05) is 6.07 Å². The fourth-order valence-corrected chi connectivity index (χ4v) is 14.5. The molecule has 0 bridgehead atoms. The van der Waals surface area contributed by atoms with Crippen LogP contribution in [0.5, 0.6) is 0 Å². The Hall–Kier alpha value is -9.76. The smallest absolute Gasteiger partial charge is 0.135 e. The normalized spacial score (nSPS) is 15.3. The number of furan rings is 1. The van der Waals surface area contributed by atoms with Gasteiger partial charge >= 0.3 is 0 Å². The molecule has 352 valence electrons. The van der Waals surface area contributed by atoms with E-state index in [4.69, 9.17) is 4.42 Å². The molecule has 0 saturated heterocycles. The van der Waals surface area contributed by atoms with Gasteiger partial charge in [0, 0.05) is 27.7 Å². The third-order valence-electron chi connectivity index (χ3n) is 17.5. The highest BCUT2D eigenvalue weighted by molar-refractivity contribution is 6.07. The summed E-state index contributed by atoms with van der Waals surface area (Å²) in [5.41, 5.74) is 29.7. The number of nitrogens with zero attached hydrogens (tertiary/aromatic N) is 1. The largest absolute Gasteiger partial charge is 0.456 e. The Kier molecular flexibility index (Phi) is 8.44. The van der Waals surface area contributed by atoms with Gasteiger partial charge in [0.1, 0.15) is 11.2 Å². The Labute approximate surface area is 441 Å². The fraction of sp³-hybridized carbons (Fsp3) is 0.0270. The van der Waals surface area contributed by atoms with Crippen LogP contribution in [0.25, 0.3) is 88.7 Å². The molecule has 0 saturated carbocycles. The molecule has 12 aromatic carbocycles. The van der Waals surface area contributed by atoms with Gasteiger partial charge in [-0.1, -0.05) is 218 Å². The van der Waals surface area contributed by atoms with Crippen LogP contribution in [0.4, 0.5) is 17.1 Å². The summed E-state index contributed by atoms with van der Waals surface area (Å²) in [6.45, 7) is 0. The Morgan fingerprint density at radius 2 is 0.684 bits per heavy atom. The molecule has 2 spiro atoms. The monoisotopic (exact) mass is 963 g/mol. The molecule has 0 radical (unpaired) electrons. The van der Waals surface area contributed by atoms with E-state index in [-0.39, 0.29) is 0 Å². The lowest BCUT2D eigenvalue weighted by Gasteiger charge is -2.33. The van der Waals surface area contributed by atoms with Crippen molar-refractivity contribution in [3.8, 4) is 66.8 Å². The van der Waals surface area contributed by atoms with Crippen molar-refractivity contribution in [1.82, 2.24) is 0 Å². The average molecular weight is 964 g/mol. The summed E-state index contributed by atoms with van der Waals surface area (Å²) in [5, 5.41) is 2.26. The minimum absolute atomic E-state index is 0.496. The van der Waals surface area contributed by atoms with Gasteiger partial charge in [-0.25, -0.2) is 0 Å². The lowest BCUT2D eigenvalue weighted by Crippen LogP contribution is -2.26. The van der Waals surface area contributed by atoms with Crippen LogP contribution in [0, 0.1) is 0 Å². The minimum Gasteiger partial charge on any atom is -0.456 e. The van der Waals surface area contributed by atoms with Crippen LogP contribution in [0.2, 0.25) is 0 Å². The zero-order valence-electron chi connectivity index (χ0n) is 41.3. The lowest BCUT2D eigenvalue weighted by molar-refractivity contribution is 0.669. The number of para-hydroxylation sites is 1. The predicted octanol–water partition coefficient (Wildman–Crippen LogP) is 19.1. The first-order valence-corrected chi connectivity index (χ1v) is 26.5. The van der Waals surface area contributed by atoms with Gasteiger partial charge in [-0.15, -0.1) is 0 Å². The van der Waals surface area contributed by atoms with E-state index in [1.165, 1.54) is 100 Å². The van der Waals surface area contributed by atoms with Crippen molar-refractivity contribution < 1.29 is 4.42 Å². The fourth-order valence-electron chi connectivity index (χ4n) is 14.5. The topological polar surface area (TPSA) is 16.4 Å². The maximum atomic E-state index is 6.27. The molecule has 0 fully saturated rings. The van der Waals surface area contributed by atoms with Crippen molar-refractivity contribution in [2.75, 3.05) is 4.90 Å². The molecule has 1 heterocycles. The van der Waals surface area contributed by atoms with Crippen molar-refractivity contribution in [1.29, 1.82) is 0 Å². The number of anilines is 3. The SMILES string of the molecule is c1ccc(-c2ccc3c(c2)C2(c4ccccc4-3)c3ccccc3-c3c(N(c4ccc(-c5ccc6oc7ccccc7c6c5)cc4)c4ccc5c(c4)C4(c6ccccc6-c6ccccc64)c4ccccc4-5)cccc32)cc1. The maximum Gasteiger partial charge on any atom is 0.135 e. The molecule has 1 aromatic heterocycles. The van der Waals surface area contributed by atoms with Crippen molar-refractivity contribution >= 4 is 39.0 Å². The number of hydrogen-bond donors (Lipinski definition) is 0. The lowest BCUT2D eigenvalue weighted by atomic mass is 9.70. The summed E-state index contributed by atoms with van der Waals surface area (Å²) in [7, 11) is 0. The summed E-state index contributed by atoms with van der Waals surface area (Å²) in [5.74, 6) is 0. The number of rotatable bonds is 5. The van der Waals surface area contributed by atoms with Gasteiger partial charge in [0.2, 0.25) is 0 Å². The molecular formula is C74H45NO. The van der Waals surface area contributed by atoms with Gasteiger partial charge in [-0.2, -0.15) is 0 Å². The summed E-state index contributed by atoms with van der Waals surface area (Å²) in [6, 6.07) is 102. The second kappa shape index (κ2) is 15.4. The highest BCUT2D eigenvalue weighted by atomic mass is 16.3. The Morgan fingerprint density at radius 1 is 0.250 bits per heavy atom. The van der Waals surface area contributed by atoms with Crippen molar-refractivity contribution in [2.24, 2.45) is 0 Å². The highest BCUT2D eigenvalue weighted by Gasteiger charge is 2.54. The van der Waals surface area contributed by atoms with Gasteiger partial charge in [0.05, 0.1) is 16.5 Å². The molecular weight excluding hydrogens is 919 g/mol. The van der Waals surface area contributed by atoms with E-state index in [2.05, 4.69) is 272 Å². The van der Waals surface area contributed by atoms with E-state index in [0.717, 1.165) is 50.1 Å². The van der Waals surface area contributed by atoms with E-state index >= 15 is 0 Å². The molecule has 1 unspecified atom stereocenters. The first kappa shape index (κ1) is 41.7. The van der Waals surface area contributed by atoms with E-state index in [0.29, 0.717) is 0 Å². The highest BCUT2D eigenvalue weighted by Crippen LogP contribution is 2.67. The van der Waals surface area contributed by atoms with E-state index in [9.17, 15) is 0 Å². The molecule has 4 aliphatic carbocycles. The molecule has 2 nitrogen and oxygen atoms in total. The van der Waals surface area contributed by atoms with Gasteiger partial charge in [0.25, 0.3) is 0 Å². The minimum atomic E-state index is -0.551. The van der Waals surface area contributed by atoms with Crippen molar-refractivity contribution in [2.45, 2.75) is 10.8 Å². The van der Waals surface area contributed by atoms with Crippen LogP contribution < -0.4 is 4.90 Å². The van der Waals surface area contributed by atoms with Gasteiger partial charge < -0.3 is 9.32 Å². The molecule has 1 atom stereocenters. The first-order valence-electron chi connectivity index (χ1n) is 26.5. The molecule has 13 aromatic rings. The third-order valence-corrected chi connectivity index (χ3v) is 17.5. The van der Waals surface area contributed by atoms with Crippen LogP contribution >= 0.6 is 0 Å². The van der Waals surface area contributed by atoms with Gasteiger partial charge in [-0.3, -0.25) is 0 Å². The predicted molar refractivity (Wildman–Crippen MR) is 312 cm³/mol. The molecule has 17 rings (SSSR count). The standard InChI is InChI=1S/C74H45NO/c1-2-17-46(18-3-1)49-35-40-56-54-21-7-13-28-64(54)74(67(56)44-49)65-29-14-8-24-59(65)72-66(74)30-16-31-69(72)75(50-37-33-47(34-38-50)48-36-42-71-60(43-48)58-23-9-15-32-70(58)76-71)51-39-41-57-55-22-6-12-27-63(55)73(68(57)45-51)61-25-10-4-19-52(61)53-20-5-11-26-62(53)73/h1-45H. The average Bonchev–Trinajstić information content (AvgIpc) is 4.16. The number of hydrogen-bond acceptors (Lipinski definition) is 2.